The maximum absolute atomic E-state index is 4.69. The van der Waals surface area contributed by atoms with Gasteiger partial charge in [0.25, 0.3) is 0 Å². The summed E-state index contributed by atoms with van der Waals surface area (Å²) in [6.45, 7) is 7.43. The molecule has 1 atom stereocenters. The number of nitrogens with zero attached hydrogens (tertiary/aromatic N) is 3. The van der Waals surface area contributed by atoms with Crippen LogP contribution < -0.4 is 10.6 Å². The summed E-state index contributed by atoms with van der Waals surface area (Å²) in [4.78, 5) is 13.6. The lowest BCUT2D eigenvalue weighted by Crippen LogP contribution is -2.33. The van der Waals surface area contributed by atoms with Crippen LogP contribution in [0.15, 0.2) is 30.6 Å². The first kappa shape index (κ1) is 15.9. The van der Waals surface area contributed by atoms with Gasteiger partial charge < -0.3 is 10.6 Å². The maximum Gasteiger partial charge on any atom is 0.133 e. The van der Waals surface area contributed by atoms with Gasteiger partial charge in [-0.15, -0.1) is 0 Å². The molecule has 1 fully saturated rings. The predicted octanol–water partition coefficient (Wildman–Crippen LogP) is 3.07. The summed E-state index contributed by atoms with van der Waals surface area (Å²) in [6, 6.07) is 6.00. The van der Waals surface area contributed by atoms with E-state index >= 15 is 0 Å². The largest absolute Gasteiger partial charge is 0.370 e. The Kier molecular flexibility index (Phi) is 5.18. The molecule has 0 aromatic carbocycles. The Morgan fingerprint density at radius 2 is 2.26 bits per heavy atom. The molecule has 2 aromatic heterocycles. The van der Waals surface area contributed by atoms with Gasteiger partial charge in [-0.2, -0.15) is 0 Å². The highest BCUT2D eigenvalue weighted by Gasteiger charge is 2.14. The highest BCUT2D eigenvalue weighted by Crippen LogP contribution is 2.22. The molecule has 3 heterocycles. The van der Waals surface area contributed by atoms with Crippen molar-refractivity contribution in [2.24, 2.45) is 5.92 Å². The first-order chi connectivity index (χ1) is 11.2. The van der Waals surface area contributed by atoms with Gasteiger partial charge >= 0.3 is 0 Å². The molecule has 5 heteroatoms. The second kappa shape index (κ2) is 7.51. The van der Waals surface area contributed by atoms with Crippen LogP contribution in [-0.4, -0.2) is 34.6 Å². The smallest absolute Gasteiger partial charge is 0.133 e. The second-order valence-electron chi connectivity index (χ2n) is 6.49. The average molecular weight is 311 g/mol. The van der Waals surface area contributed by atoms with Crippen LogP contribution in [0.4, 0.5) is 5.82 Å². The fraction of sp³-hybridized carbons (Fsp3) is 0.500. The Balaban J connectivity index is 1.79. The van der Waals surface area contributed by atoms with Gasteiger partial charge in [0, 0.05) is 36.5 Å². The van der Waals surface area contributed by atoms with E-state index in [-0.39, 0.29) is 0 Å². The third kappa shape index (κ3) is 4.26. The summed E-state index contributed by atoms with van der Waals surface area (Å²) in [7, 11) is 0. The van der Waals surface area contributed by atoms with Crippen molar-refractivity contribution in [3.8, 4) is 11.3 Å². The van der Waals surface area contributed by atoms with Gasteiger partial charge in [0.15, 0.2) is 0 Å². The van der Waals surface area contributed by atoms with Crippen molar-refractivity contribution in [1.29, 1.82) is 0 Å². The minimum Gasteiger partial charge on any atom is -0.370 e. The van der Waals surface area contributed by atoms with Gasteiger partial charge in [-0.1, -0.05) is 13.8 Å². The van der Waals surface area contributed by atoms with Gasteiger partial charge in [0.1, 0.15) is 11.6 Å². The summed E-state index contributed by atoms with van der Waals surface area (Å²) >= 11 is 0. The van der Waals surface area contributed by atoms with Crippen molar-refractivity contribution in [3.05, 3.63) is 36.4 Å². The fourth-order valence-electron chi connectivity index (χ4n) is 2.82. The lowest BCUT2D eigenvalue weighted by molar-refractivity contribution is 0.392. The number of rotatable bonds is 5. The molecular weight excluding hydrogens is 286 g/mol. The van der Waals surface area contributed by atoms with E-state index < -0.39 is 0 Å². The molecule has 0 spiro atoms. The van der Waals surface area contributed by atoms with Crippen LogP contribution in [0.25, 0.3) is 11.3 Å². The predicted molar refractivity (Wildman–Crippen MR) is 93.4 cm³/mol. The molecule has 23 heavy (non-hydrogen) atoms. The van der Waals surface area contributed by atoms with Gasteiger partial charge in [-0.05, 0) is 44.0 Å². The normalized spacial score (nSPS) is 18.1. The topological polar surface area (TPSA) is 62.7 Å². The van der Waals surface area contributed by atoms with Gasteiger partial charge in [0.2, 0.25) is 0 Å². The SMILES string of the molecule is CC(C)c1nc(NCC2CCCNC2)cc(-c2cccnc2)n1. The van der Waals surface area contributed by atoms with Crippen molar-refractivity contribution in [1.82, 2.24) is 20.3 Å². The average Bonchev–Trinajstić information content (AvgIpc) is 2.61. The molecule has 5 nitrogen and oxygen atoms in total. The molecule has 0 saturated carbocycles. The zero-order valence-corrected chi connectivity index (χ0v) is 13.9. The van der Waals surface area contributed by atoms with Crippen LogP contribution in [0.3, 0.4) is 0 Å². The molecule has 1 saturated heterocycles. The molecule has 1 aliphatic rings. The fourth-order valence-corrected chi connectivity index (χ4v) is 2.82. The van der Waals surface area contributed by atoms with E-state index in [1.165, 1.54) is 12.8 Å². The Hall–Kier alpha value is -2.01. The summed E-state index contributed by atoms with van der Waals surface area (Å²) < 4.78 is 0. The zero-order chi connectivity index (χ0) is 16.1. The van der Waals surface area contributed by atoms with E-state index in [1.807, 2.05) is 24.4 Å². The van der Waals surface area contributed by atoms with Gasteiger partial charge in [0.05, 0.1) is 5.69 Å². The molecule has 2 N–H and O–H groups in total. The number of pyridine rings is 1. The summed E-state index contributed by atoms with van der Waals surface area (Å²) in [5.74, 6) is 2.75. The van der Waals surface area contributed by atoms with Crippen molar-refractivity contribution < 1.29 is 0 Å². The Morgan fingerprint density at radius 3 is 2.96 bits per heavy atom. The molecule has 122 valence electrons. The van der Waals surface area contributed by atoms with E-state index in [0.29, 0.717) is 11.8 Å². The zero-order valence-electron chi connectivity index (χ0n) is 13.9. The third-order valence-corrected chi connectivity index (χ3v) is 4.19. The lowest BCUT2D eigenvalue weighted by atomic mass is 10.00. The summed E-state index contributed by atoms with van der Waals surface area (Å²) in [6.07, 6.45) is 6.16. The van der Waals surface area contributed by atoms with Crippen molar-refractivity contribution in [2.45, 2.75) is 32.6 Å². The molecule has 0 bridgehead atoms. The van der Waals surface area contributed by atoms with Gasteiger partial charge in [-0.25, -0.2) is 9.97 Å². The lowest BCUT2D eigenvalue weighted by Gasteiger charge is -2.23. The van der Waals surface area contributed by atoms with Crippen LogP contribution in [0, 0.1) is 5.92 Å². The quantitative estimate of drug-likeness (QED) is 0.888. The van der Waals surface area contributed by atoms with E-state index in [0.717, 1.165) is 42.5 Å². The molecule has 0 radical (unpaired) electrons. The monoisotopic (exact) mass is 311 g/mol. The van der Waals surface area contributed by atoms with Crippen molar-refractivity contribution in [3.63, 3.8) is 0 Å². The standard InChI is InChI=1S/C18H25N5/c1-13(2)18-22-16(15-6-4-8-20-12-15)9-17(23-18)21-11-14-5-3-7-19-10-14/h4,6,8-9,12-14,19H,3,5,7,10-11H2,1-2H3,(H,21,22,23). The number of anilines is 1. The molecule has 3 rings (SSSR count). The van der Waals surface area contributed by atoms with Gasteiger partial charge in [-0.3, -0.25) is 4.98 Å². The second-order valence-corrected chi connectivity index (χ2v) is 6.49. The van der Waals surface area contributed by atoms with Crippen LogP contribution >= 0.6 is 0 Å². The van der Waals surface area contributed by atoms with Crippen LogP contribution in [0.2, 0.25) is 0 Å². The van der Waals surface area contributed by atoms with E-state index in [4.69, 9.17) is 4.98 Å². The van der Waals surface area contributed by atoms with E-state index in [1.54, 1.807) is 6.20 Å². The first-order valence-electron chi connectivity index (χ1n) is 8.46. The Bertz CT molecular complexity index is 621. The summed E-state index contributed by atoms with van der Waals surface area (Å²) in [5.41, 5.74) is 1.96. The Morgan fingerprint density at radius 1 is 1.35 bits per heavy atom. The number of hydrogen-bond acceptors (Lipinski definition) is 5. The van der Waals surface area contributed by atoms with E-state index in [2.05, 4.69) is 34.4 Å². The minimum absolute atomic E-state index is 0.295. The number of aromatic nitrogens is 3. The highest BCUT2D eigenvalue weighted by molar-refractivity contribution is 5.61. The molecular formula is C18H25N5. The first-order valence-corrected chi connectivity index (χ1v) is 8.46. The molecule has 0 aliphatic carbocycles. The molecule has 1 aliphatic heterocycles. The number of piperidine rings is 1. The molecule has 1 unspecified atom stereocenters. The van der Waals surface area contributed by atoms with Crippen molar-refractivity contribution in [2.75, 3.05) is 25.0 Å². The minimum atomic E-state index is 0.295. The number of hydrogen-bond donors (Lipinski definition) is 2. The highest BCUT2D eigenvalue weighted by atomic mass is 15.0. The summed E-state index contributed by atoms with van der Waals surface area (Å²) in [5, 5.41) is 6.97. The van der Waals surface area contributed by atoms with Crippen LogP contribution in [0.5, 0.6) is 0 Å². The van der Waals surface area contributed by atoms with Crippen molar-refractivity contribution >= 4 is 5.82 Å². The third-order valence-electron chi connectivity index (χ3n) is 4.19. The number of nitrogens with one attached hydrogen (secondary N) is 2. The van der Waals surface area contributed by atoms with E-state index in [9.17, 15) is 0 Å². The van der Waals surface area contributed by atoms with Crippen LogP contribution in [0.1, 0.15) is 38.4 Å². The van der Waals surface area contributed by atoms with Crippen LogP contribution in [-0.2, 0) is 0 Å². The molecule has 2 aromatic rings. The Labute approximate surface area is 138 Å². The maximum atomic E-state index is 4.69. The molecule has 0 amide bonds.